The molecule has 2 aliphatic rings. The molecule has 1 amide bonds. The summed E-state index contributed by atoms with van der Waals surface area (Å²) in [6, 6.07) is 17.9. The lowest BCUT2D eigenvalue weighted by Crippen LogP contribution is -2.30. The Morgan fingerprint density at radius 2 is 1.70 bits per heavy atom. The molecule has 2 aromatic carbocycles. The van der Waals surface area contributed by atoms with E-state index < -0.39 is 0 Å². The van der Waals surface area contributed by atoms with E-state index in [4.69, 9.17) is 4.52 Å². The van der Waals surface area contributed by atoms with E-state index in [9.17, 15) is 4.79 Å². The van der Waals surface area contributed by atoms with Crippen molar-refractivity contribution in [3.05, 3.63) is 71.9 Å². The second-order valence-electron chi connectivity index (χ2n) is 7.37. The first kappa shape index (κ1) is 16.2. The molecule has 1 aliphatic heterocycles. The monoisotopic (exact) mass is 359 g/mol. The van der Waals surface area contributed by atoms with Gasteiger partial charge in [-0.25, -0.2) is 0 Å². The van der Waals surface area contributed by atoms with Gasteiger partial charge in [0.1, 0.15) is 6.04 Å². The van der Waals surface area contributed by atoms with Gasteiger partial charge in [0.25, 0.3) is 5.91 Å². The number of aromatic nitrogens is 2. The summed E-state index contributed by atoms with van der Waals surface area (Å²) < 4.78 is 5.49. The molecule has 1 atom stereocenters. The minimum atomic E-state index is -0.105. The SMILES string of the molecule is O=C(c1ccc(-c2ccccc2)cc1)N1CCCC1c1nc(C2CC2)no1. The quantitative estimate of drug-likeness (QED) is 0.683. The Morgan fingerprint density at radius 1 is 0.963 bits per heavy atom. The maximum Gasteiger partial charge on any atom is 0.254 e. The number of carbonyl (C=O) groups excluding carboxylic acids is 1. The lowest BCUT2D eigenvalue weighted by atomic mass is 10.0. The number of hydrogen-bond donors (Lipinski definition) is 0. The first-order chi connectivity index (χ1) is 13.3. The molecular formula is C22H21N3O2. The van der Waals surface area contributed by atoms with Gasteiger partial charge in [0.2, 0.25) is 5.89 Å². The van der Waals surface area contributed by atoms with Gasteiger partial charge in [-0.05, 0) is 48.9 Å². The number of likely N-dealkylation sites (tertiary alicyclic amines) is 1. The zero-order valence-corrected chi connectivity index (χ0v) is 15.0. The predicted octanol–water partition coefficient (Wildman–Crippen LogP) is 4.59. The molecule has 27 heavy (non-hydrogen) atoms. The fraction of sp³-hybridized carbons (Fsp3) is 0.318. The zero-order valence-electron chi connectivity index (χ0n) is 15.0. The Labute approximate surface area is 158 Å². The van der Waals surface area contributed by atoms with Gasteiger partial charge in [-0.2, -0.15) is 4.98 Å². The van der Waals surface area contributed by atoms with Crippen molar-refractivity contribution in [2.45, 2.75) is 37.6 Å². The summed E-state index contributed by atoms with van der Waals surface area (Å²) in [6.45, 7) is 0.727. The molecule has 5 rings (SSSR count). The average molecular weight is 359 g/mol. The predicted molar refractivity (Wildman–Crippen MR) is 101 cm³/mol. The molecule has 2 fully saturated rings. The van der Waals surface area contributed by atoms with Crippen LogP contribution in [0.3, 0.4) is 0 Å². The molecular weight excluding hydrogens is 338 g/mol. The largest absolute Gasteiger partial charge is 0.337 e. The van der Waals surface area contributed by atoms with Gasteiger partial charge in [0.05, 0.1) is 0 Å². The summed E-state index contributed by atoms with van der Waals surface area (Å²) in [5.41, 5.74) is 2.95. The number of nitrogens with zero attached hydrogens (tertiary/aromatic N) is 3. The smallest absolute Gasteiger partial charge is 0.254 e. The van der Waals surface area contributed by atoms with Crippen molar-refractivity contribution < 1.29 is 9.32 Å². The molecule has 5 nitrogen and oxygen atoms in total. The van der Waals surface area contributed by atoms with Crippen molar-refractivity contribution in [3.8, 4) is 11.1 Å². The molecule has 136 valence electrons. The summed E-state index contributed by atoms with van der Waals surface area (Å²) in [6.07, 6.45) is 4.11. The number of benzene rings is 2. The highest BCUT2D eigenvalue weighted by atomic mass is 16.5. The molecule has 0 N–H and O–H groups in total. The third-order valence-corrected chi connectivity index (χ3v) is 5.44. The molecule has 3 aromatic rings. The van der Waals surface area contributed by atoms with Gasteiger partial charge in [-0.3, -0.25) is 4.79 Å². The van der Waals surface area contributed by atoms with Crippen molar-refractivity contribution >= 4 is 5.91 Å². The van der Waals surface area contributed by atoms with Crippen LogP contribution in [0.15, 0.2) is 59.1 Å². The summed E-state index contributed by atoms with van der Waals surface area (Å²) in [5, 5.41) is 4.11. The standard InChI is InChI=1S/C22H21N3O2/c26-22(18-12-8-16(9-13-18)15-5-2-1-3-6-15)25-14-4-7-19(25)21-23-20(24-27-21)17-10-11-17/h1-3,5-6,8-9,12-13,17,19H,4,7,10-11,14H2. The van der Waals surface area contributed by atoms with Crippen LogP contribution in [0.4, 0.5) is 0 Å². The number of carbonyl (C=O) groups is 1. The number of amides is 1. The maximum absolute atomic E-state index is 13.1. The van der Waals surface area contributed by atoms with E-state index in [-0.39, 0.29) is 11.9 Å². The summed E-state index contributed by atoms with van der Waals surface area (Å²) >= 11 is 0. The third-order valence-electron chi connectivity index (χ3n) is 5.44. The lowest BCUT2D eigenvalue weighted by molar-refractivity contribution is 0.0710. The fourth-order valence-corrected chi connectivity index (χ4v) is 3.76. The molecule has 1 unspecified atom stereocenters. The van der Waals surface area contributed by atoms with Crippen molar-refractivity contribution in [2.75, 3.05) is 6.54 Å². The highest BCUT2D eigenvalue weighted by Gasteiger charge is 2.36. The Bertz CT molecular complexity index is 945. The van der Waals surface area contributed by atoms with Crippen LogP contribution in [0.5, 0.6) is 0 Å². The Balaban J connectivity index is 1.36. The first-order valence-corrected chi connectivity index (χ1v) is 9.59. The molecule has 0 bridgehead atoms. The first-order valence-electron chi connectivity index (χ1n) is 9.59. The lowest BCUT2D eigenvalue weighted by Gasteiger charge is -2.22. The topological polar surface area (TPSA) is 59.2 Å². The van der Waals surface area contributed by atoms with Crippen molar-refractivity contribution in [3.63, 3.8) is 0 Å². The maximum atomic E-state index is 13.1. The van der Waals surface area contributed by atoms with E-state index in [1.807, 2.05) is 47.4 Å². The van der Waals surface area contributed by atoms with Gasteiger partial charge >= 0.3 is 0 Å². The summed E-state index contributed by atoms with van der Waals surface area (Å²) in [7, 11) is 0. The minimum Gasteiger partial charge on any atom is -0.337 e. The minimum absolute atomic E-state index is 0.0308. The van der Waals surface area contributed by atoms with E-state index >= 15 is 0 Å². The van der Waals surface area contributed by atoms with Gasteiger partial charge < -0.3 is 9.42 Å². The zero-order chi connectivity index (χ0) is 18.2. The van der Waals surface area contributed by atoms with Crippen LogP contribution in [0.1, 0.15) is 59.7 Å². The third kappa shape index (κ3) is 3.14. The normalized spacial score (nSPS) is 19.4. The van der Waals surface area contributed by atoms with Crippen molar-refractivity contribution in [2.24, 2.45) is 0 Å². The number of rotatable bonds is 4. The van der Waals surface area contributed by atoms with E-state index in [0.29, 0.717) is 17.4 Å². The summed E-state index contributed by atoms with van der Waals surface area (Å²) in [5.74, 6) is 1.88. The van der Waals surface area contributed by atoms with Crippen LogP contribution in [0.25, 0.3) is 11.1 Å². The molecule has 0 spiro atoms. The molecule has 1 aromatic heterocycles. The Kier molecular flexibility index (Phi) is 4.00. The molecule has 1 saturated heterocycles. The van der Waals surface area contributed by atoms with Gasteiger partial charge in [-0.1, -0.05) is 47.6 Å². The van der Waals surface area contributed by atoms with Crippen LogP contribution in [0, 0.1) is 0 Å². The van der Waals surface area contributed by atoms with E-state index in [1.165, 1.54) is 0 Å². The summed E-state index contributed by atoms with van der Waals surface area (Å²) in [4.78, 5) is 19.5. The van der Waals surface area contributed by atoms with E-state index in [1.54, 1.807) is 0 Å². The van der Waals surface area contributed by atoms with Crippen LogP contribution in [-0.2, 0) is 0 Å². The van der Waals surface area contributed by atoms with Crippen LogP contribution in [0.2, 0.25) is 0 Å². The van der Waals surface area contributed by atoms with Crippen LogP contribution < -0.4 is 0 Å². The van der Waals surface area contributed by atoms with Crippen LogP contribution in [-0.4, -0.2) is 27.5 Å². The second kappa shape index (κ2) is 6.65. The van der Waals surface area contributed by atoms with Gasteiger partial charge in [0.15, 0.2) is 5.82 Å². The molecule has 5 heteroatoms. The Hall–Kier alpha value is -2.95. The molecule has 1 saturated carbocycles. The average Bonchev–Trinajstić information content (AvgIpc) is 3.26. The second-order valence-corrected chi connectivity index (χ2v) is 7.37. The van der Waals surface area contributed by atoms with Gasteiger partial charge in [-0.15, -0.1) is 0 Å². The van der Waals surface area contributed by atoms with Crippen LogP contribution >= 0.6 is 0 Å². The molecule has 0 radical (unpaired) electrons. The molecule has 1 aliphatic carbocycles. The number of hydrogen-bond acceptors (Lipinski definition) is 4. The van der Waals surface area contributed by atoms with Crippen molar-refractivity contribution in [1.29, 1.82) is 0 Å². The highest BCUT2D eigenvalue weighted by Crippen LogP contribution is 2.40. The van der Waals surface area contributed by atoms with Gasteiger partial charge in [0, 0.05) is 18.0 Å². The highest BCUT2D eigenvalue weighted by molar-refractivity contribution is 5.95. The fourth-order valence-electron chi connectivity index (χ4n) is 3.76. The molecule has 2 heterocycles. The van der Waals surface area contributed by atoms with Crippen molar-refractivity contribution in [1.82, 2.24) is 15.0 Å². The Morgan fingerprint density at radius 3 is 2.44 bits per heavy atom. The van der Waals surface area contributed by atoms with E-state index in [0.717, 1.165) is 49.2 Å². The van der Waals surface area contributed by atoms with E-state index in [2.05, 4.69) is 22.3 Å².